The van der Waals surface area contributed by atoms with E-state index in [0.717, 1.165) is 17.9 Å². The van der Waals surface area contributed by atoms with E-state index in [2.05, 4.69) is 13.8 Å². The smallest absolute Gasteiger partial charge is 0.254 e. The van der Waals surface area contributed by atoms with E-state index in [9.17, 15) is 9.59 Å². The van der Waals surface area contributed by atoms with Crippen LogP contribution in [0, 0.1) is 34.5 Å². The zero-order valence-electron chi connectivity index (χ0n) is 27.6. The molecule has 0 spiro atoms. The minimum absolute atomic E-state index is 0.0298. The third-order valence-corrected chi connectivity index (χ3v) is 12.1. The Labute approximate surface area is 277 Å². The van der Waals surface area contributed by atoms with Gasteiger partial charge in [-0.3, -0.25) is 9.59 Å². The van der Waals surface area contributed by atoms with Crippen LogP contribution in [0.25, 0.3) is 0 Å². The Morgan fingerprint density at radius 3 is 1.17 bits per heavy atom. The quantitative estimate of drug-likeness (QED) is 0.367. The molecule has 4 aliphatic heterocycles. The van der Waals surface area contributed by atoms with Crippen LogP contribution in [-0.2, 0) is 0 Å². The highest BCUT2D eigenvalue weighted by Gasteiger charge is 2.53. The molecule has 2 saturated heterocycles. The Hall–Kier alpha value is -3.42. The summed E-state index contributed by atoms with van der Waals surface area (Å²) in [5, 5.41) is 0. The molecule has 10 rings (SSSR count). The van der Waals surface area contributed by atoms with Crippen molar-refractivity contribution in [3.63, 3.8) is 0 Å². The molecule has 8 heteroatoms. The number of piperidine rings is 2. The number of carbonyl (C=O) groups is 2. The van der Waals surface area contributed by atoms with Crippen LogP contribution in [0.15, 0.2) is 36.4 Å². The van der Waals surface area contributed by atoms with E-state index in [1.54, 1.807) is 0 Å². The summed E-state index contributed by atoms with van der Waals surface area (Å²) in [6, 6.07) is 11.5. The van der Waals surface area contributed by atoms with Crippen LogP contribution < -0.4 is 18.9 Å². The van der Waals surface area contributed by atoms with Crippen molar-refractivity contribution >= 4 is 11.8 Å². The standard InChI is InChI=1S/C39H46N2O6/c1-38-17-39(2,20-40(18-38)36(42)26-11-13-28-30(15-26)46-34(24-7-8-24)32(44-28)22-3-4-22)21-41(19-38)37(43)27-12-14-29-31(16-27)47-35(25-9-10-25)33(45-29)23-5-6-23/h11-16,22-25,32-35H,3-10,17-21H2,1-2H3. The number of hydrogen-bond acceptors (Lipinski definition) is 6. The lowest BCUT2D eigenvalue weighted by Gasteiger charge is -2.56. The van der Waals surface area contributed by atoms with Gasteiger partial charge in [-0.1, -0.05) is 13.8 Å². The molecule has 8 aliphatic rings. The van der Waals surface area contributed by atoms with Crippen LogP contribution >= 0.6 is 0 Å². The maximum Gasteiger partial charge on any atom is 0.254 e. The lowest BCUT2D eigenvalue weighted by molar-refractivity contribution is -0.0539. The summed E-state index contributed by atoms with van der Waals surface area (Å²) in [6.45, 7) is 6.91. The molecule has 2 aromatic rings. The van der Waals surface area contributed by atoms with E-state index in [-0.39, 0.29) is 47.1 Å². The number of carbonyl (C=O) groups excluding carboxylic acids is 2. The predicted molar refractivity (Wildman–Crippen MR) is 174 cm³/mol. The maximum absolute atomic E-state index is 14.1. The Morgan fingerprint density at radius 1 is 0.532 bits per heavy atom. The van der Waals surface area contributed by atoms with Crippen molar-refractivity contribution in [2.24, 2.45) is 34.5 Å². The van der Waals surface area contributed by atoms with Crippen LogP contribution in [-0.4, -0.2) is 72.2 Å². The number of hydrogen-bond donors (Lipinski definition) is 0. The average molecular weight is 639 g/mol. The number of ether oxygens (including phenoxy) is 4. The van der Waals surface area contributed by atoms with Crippen LogP contribution in [0.5, 0.6) is 23.0 Å². The van der Waals surface area contributed by atoms with E-state index in [0.29, 0.717) is 72.5 Å². The van der Waals surface area contributed by atoms with Crippen LogP contribution in [0.4, 0.5) is 0 Å². The van der Waals surface area contributed by atoms with Crippen LogP contribution in [0.2, 0.25) is 0 Å². The molecule has 47 heavy (non-hydrogen) atoms. The summed E-state index contributed by atoms with van der Waals surface area (Å²) >= 11 is 0. The molecule has 4 unspecified atom stereocenters. The first-order valence-corrected chi connectivity index (χ1v) is 18.2. The Balaban J connectivity index is 0.848. The highest BCUT2D eigenvalue weighted by atomic mass is 16.6. The first-order chi connectivity index (χ1) is 22.7. The van der Waals surface area contributed by atoms with Gasteiger partial charge in [0.1, 0.15) is 24.4 Å². The summed E-state index contributed by atoms with van der Waals surface area (Å²) < 4.78 is 26.1. The second-order valence-corrected chi connectivity index (χ2v) is 17.1. The highest BCUT2D eigenvalue weighted by Crippen LogP contribution is 2.51. The SMILES string of the molecule is CC12CN(C(=O)c3ccc4c(c3)OC(C3CC3)C(C3CC3)O4)CC(C)(CN(C(=O)c3ccc4c(c3)OC(C3CC3)C(C3CC3)O4)C1)C2. The second kappa shape index (κ2) is 10.1. The van der Waals surface area contributed by atoms with Gasteiger partial charge in [0.2, 0.25) is 0 Å². The summed E-state index contributed by atoms with van der Waals surface area (Å²) in [7, 11) is 0. The van der Waals surface area contributed by atoms with Gasteiger partial charge in [-0.15, -0.1) is 0 Å². The summed E-state index contributed by atoms with van der Waals surface area (Å²) in [5.74, 6) is 5.36. The van der Waals surface area contributed by atoms with Crippen LogP contribution in [0.3, 0.4) is 0 Å². The first-order valence-electron chi connectivity index (χ1n) is 18.2. The van der Waals surface area contributed by atoms with E-state index in [4.69, 9.17) is 18.9 Å². The zero-order chi connectivity index (χ0) is 31.7. The number of nitrogens with zero attached hydrogens (tertiary/aromatic N) is 2. The molecule has 0 aromatic heterocycles. The molecule has 6 fully saturated rings. The molecule has 8 nitrogen and oxygen atoms in total. The Morgan fingerprint density at radius 2 is 0.851 bits per heavy atom. The minimum atomic E-state index is -0.207. The van der Waals surface area contributed by atoms with Crippen molar-refractivity contribution < 1.29 is 28.5 Å². The lowest BCUT2D eigenvalue weighted by atomic mass is 9.65. The molecule has 0 N–H and O–H groups in total. The fraction of sp³-hybridized carbons (Fsp3) is 0.641. The molecule has 0 radical (unpaired) electrons. The molecule has 2 bridgehead atoms. The predicted octanol–water partition coefficient (Wildman–Crippen LogP) is 6.36. The Bertz CT molecular complexity index is 1510. The van der Waals surface area contributed by atoms with Crippen molar-refractivity contribution in [1.82, 2.24) is 9.80 Å². The number of amides is 2. The molecular formula is C39H46N2O6. The summed E-state index contributed by atoms with van der Waals surface area (Å²) in [4.78, 5) is 32.1. The van der Waals surface area contributed by atoms with Gasteiger partial charge in [-0.05, 0) is 118 Å². The minimum Gasteiger partial charge on any atom is -0.482 e. The molecule has 4 aliphatic carbocycles. The van der Waals surface area contributed by atoms with Crippen molar-refractivity contribution in [2.45, 2.75) is 96.1 Å². The topological polar surface area (TPSA) is 77.5 Å². The van der Waals surface area contributed by atoms with Crippen molar-refractivity contribution in [2.75, 3.05) is 26.2 Å². The summed E-state index contributed by atoms with van der Waals surface area (Å²) in [5.41, 5.74) is 0.885. The van der Waals surface area contributed by atoms with Crippen LogP contribution in [0.1, 0.15) is 92.4 Å². The van der Waals surface area contributed by atoms with E-state index in [1.807, 2.05) is 46.2 Å². The van der Waals surface area contributed by atoms with E-state index < -0.39 is 0 Å². The third kappa shape index (κ3) is 5.16. The zero-order valence-corrected chi connectivity index (χ0v) is 27.6. The van der Waals surface area contributed by atoms with Gasteiger partial charge in [-0.25, -0.2) is 0 Å². The Kier molecular flexibility index (Phi) is 6.11. The molecule has 248 valence electrons. The van der Waals surface area contributed by atoms with Crippen molar-refractivity contribution in [1.29, 1.82) is 0 Å². The largest absolute Gasteiger partial charge is 0.482 e. The van der Waals surface area contributed by atoms with Gasteiger partial charge >= 0.3 is 0 Å². The molecule has 4 saturated carbocycles. The van der Waals surface area contributed by atoms with Gasteiger partial charge < -0.3 is 28.7 Å². The van der Waals surface area contributed by atoms with E-state index in [1.165, 1.54) is 51.4 Å². The average Bonchev–Trinajstić information content (AvgIpc) is 3.89. The van der Waals surface area contributed by atoms with Gasteiger partial charge in [0, 0.05) is 48.1 Å². The fourth-order valence-electron chi connectivity index (χ4n) is 9.63. The number of fused-ring (bicyclic) bond motifs is 4. The number of benzene rings is 2. The molecule has 2 aromatic carbocycles. The number of likely N-dealkylation sites (tertiary alicyclic amines) is 2. The molecule has 2 amide bonds. The van der Waals surface area contributed by atoms with Crippen molar-refractivity contribution in [3.05, 3.63) is 47.5 Å². The van der Waals surface area contributed by atoms with Gasteiger partial charge in [-0.2, -0.15) is 0 Å². The maximum atomic E-state index is 14.1. The first kappa shape index (κ1) is 28.6. The van der Waals surface area contributed by atoms with Gasteiger partial charge in [0.25, 0.3) is 11.8 Å². The van der Waals surface area contributed by atoms with Gasteiger partial charge in [0.05, 0.1) is 0 Å². The van der Waals surface area contributed by atoms with Gasteiger partial charge in [0.15, 0.2) is 23.0 Å². The number of rotatable bonds is 6. The molecular weight excluding hydrogens is 592 g/mol. The monoisotopic (exact) mass is 638 g/mol. The highest BCUT2D eigenvalue weighted by molar-refractivity contribution is 5.96. The third-order valence-electron chi connectivity index (χ3n) is 12.1. The fourth-order valence-corrected chi connectivity index (χ4v) is 9.63. The second-order valence-electron chi connectivity index (χ2n) is 17.1. The lowest BCUT2D eigenvalue weighted by Crippen LogP contribution is -2.64. The molecule has 4 atom stereocenters. The van der Waals surface area contributed by atoms with Crippen molar-refractivity contribution in [3.8, 4) is 23.0 Å². The summed E-state index contributed by atoms with van der Waals surface area (Å²) in [6.07, 6.45) is 11.1. The normalized spacial score (nSPS) is 35.8. The molecule has 4 heterocycles. The van der Waals surface area contributed by atoms with E-state index >= 15 is 0 Å².